The monoisotopic (exact) mass is 301 g/mol. The molecule has 94 valence electrons. The number of carbonyl (C=O) groups is 1. The summed E-state index contributed by atoms with van der Waals surface area (Å²) in [6.45, 7) is 2.69. The SMILES string of the molecule is CCOc1cc(OC)c(Br)cc1C(=O)CCN. The number of rotatable bonds is 6. The van der Waals surface area contributed by atoms with Crippen LogP contribution in [0.3, 0.4) is 0 Å². The molecule has 17 heavy (non-hydrogen) atoms. The lowest BCUT2D eigenvalue weighted by molar-refractivity contribution is 0.0981. The third kappa shape index (κ3) is 3.44. The topological polar surface area (TPSA) is 61.5 Å². The maximum Gasteiger partial charge on any atom is 0.167 e. The van der Waals surface area contributed by atoms with Crippen LogP contribution in [0.15, 0.2) is 16.6 Å². The first kappa shape index (κ1) is 14.0. The highest BCUT2D eigenvalue weighted by Gasteiger charge is 2.15. The van der Waals surface area contributed by atoms with Crippen molar-refractivity contribution in [3.8, 4) is 11.5 Å². The molecule has 0 saturated carbocycles. The summed E-state index contributed by atoms with van der Waals surface area (Å²) in [7, 11) is 1.57. The Labute approximate surface area is 109 Å². The van der Waals surface area contributed by atoms with Crippen LogP contribution in [0, 0.1) is 0 Å². The van der Waals surface area contributed by atoms with Gasteiger partial charge in [-0.05, 0) is 35.5 Å². The van der Waals surface area contributed by atoms with Gasteiger partial charge in [-0.1, -0.05) is 0 Å². The summed E-state index contributed by atoms with van der Waals surface area (Å²) in [6.07, 6.45) is 0.304. The van der Waals surface area contributed by atoms with E-state index in [4.69, 9.17) is 15.2 Å². The first-order valence-electron chi connectivity index (χ1n) is 5.37. The minimum atomic E-state index is -0.0284. The van der Waals surface area contributed by atoms with Crippen LogP contribution >= 0.6 is 15.9 Å². The molecule has 0 aliphatic heterocycles. The molecule has 2 N–H and O–H groups in total. The van der Waals surface area contributed by atoms with E-state index in [1.165, 1.54) is 0 Å². The van der Waals surface area contributed by atoms with Gasteiger partial charge in [0.05, 0.1) is 23.8 Å². The van der Waals surface area contributed by atoms with Crippen LogP contribution in [0.1, 0.15) is 23.7 Å². The first-order valence-corrected chi connectivity index (χ1v) is 6.16. The number of carbonyl (C=O) groups excluding carboxylic acids is 1. The molecular weight excluding hydrogens is 286 g/mol. The smallest absolute Gasteiger partial charge is 0.167 e. The van der Waals surface area contributed by atoms with Crippen LogP contribution < -0.4 is 15.2 Å². The number of benzene rings is 1. The summed E-state index contributed by atoms with van der Waals surface area (Å²) < 4.78 is 11.3. The van der Waals surface area contributed by atoms with Crippen molar-refractivity contribution in [1.29, 1.82) is 0 Å². The predicted octanol–water partition coefficient (Wildman–Crippen LogP) is 2.39. The van der Waals surface area contributed by atoms with Crippen molar-refractivity contribution in [3.05, 3.63) is 22.2 Å². The molecule has 1 rings (SSSR count). The zero-order valence-corrected chi connectivity index (χ0v) is 11.5. The van der Waals surface area contributed by atoms with E-state index in [1.807, 2.05) is 6.92 Å². The van der Waals surface area contributed by atoms with Crippen LogP contribution in [-0.4, -0.2) is 26.0 Å². The van der Waals surface area contributed by atoms with E-state index in [-0.39, 0.29) is 5.78 Å². The Morgan fingerprint density at radius 1 is 1.41 bits per heavy atom. The molecular formula is C12H16BrNO3. The van der Waals surface area contributed by atoms with Gasteiger partial charge in [0.2, 0.25) is 0 Å². The van der Waals surface area contributed by atoms with Crippen LogP contribution in [-0.2, 0) is 0 Å². The van der Waals surface area contributed by atoms with Gasteiger partial charge in [-0.3, -0.25) is 4.79 Å². The Morgan fingerprint density at radius 2 is 2.12 bits per heavy atom. The molecule has 0 fully saturated rings. The molecule has 0 atom stereocenters. The number of ketones is 1. The number of nitrogens with two attached hydrogens (primary N) is 1. The van der Waals surface area contributed by atoms with Crippen LogP contribution in [0.2, 0.25) is 0 Å². The molecule has 0 saturated heterocycles. The van der Waals surface area contributed by atoms with Gasteiger partial charge in [-0.2, -0.15) is 0 Å². The van der Waals surface area contributed by atoms with Crippen molar-refractivity contribution in [1.82, 2.24) is 0 Å². The highest BCUT2D eigenvalue weighted by Crippen LogP contribution is 2.33. The van der Waals surface area contributed by atoms with Crippen molar-refractivity contribution < 1.29 is 14.3 Å². The van der Waals surface area contributed by atoms with Gasteiger partial charge in [0, 0.05) is 12.5 Å². The van der Waals surface area contributed by atoms with Crippen molar-refractivity contribution in [2.45, 2.75) is 13.3 Å². The van der Waals surface area contributed by atoms with E-state index in [2.05, 4.69) is 15.9 Å². The van der Waals surface area contributed by atoms with Gasteiger partial charge in [0.1, 0.15) is 11.5 Å². The minimum Gasteiger partial charge on any atom is -0.495 e. The Kier molecular flexibility index (Phi) is 5.44. The number of halogens is 1. The Balaban J connectivity index is 3.17. The molecule has 0 spiro atoms. The number of Topliss-reactive ketones (excluding diaryl/α,β-unsaturated/α-hetero) is 1. The lowest BCUT2D eigenvalue weighted by Crippen LogP contribution is -2.10. The molecule has 0 radical (unpaired) electrons. The zero-order valence-electron chi connectivity index (χ0n) is 9.96. The minimum absolute atomic E-state index is 0.0284. The van der Waals surface area contributed by atoms with Crippen molar-refractivity contribution >= 4 is 21.7 Å². The van der Waals surface area contributed by atoms with Gasteiger partial charge in [0.15, 0.2) is 5.78 Å². The quantitative estimate of drug-likeness (QED) is 0.820. The van der Waals surface area contributed by atoms with Crippen molar-refractivity contribution in [2.24, 2.45) is 5.73 Å². The standard InChI is InChI=1S/C12H16BrNO3/c1-3-17-11-7-12(16-2)9(13)6-8(11)10(15)4-5-14/h6-7H,3-5,14H2,1-2H3. The molecule has 0 aromatic heterocycles. The third-order valence-electron chi connectivity index (χ3n) is 2.23. The number of hydrogen-bond donors (Lipinski definition) is 1. The summed E-state index contributed by atoms with van der Waals surface area (Å²) >= 11 is 3.35. The molecule has 0 amide bonds. The van der Waals surface area contributed by atoms with Gasteiger partial charge in [0.25, 0.3) is 0 Å². The van der Waals surface area contributed by atoms with E-state index in [0.29, 0.717) is 36.6 Å². The lowest BCUT2D eigenvalue weighted by atomic mass is 10.1. The van der Waals surface area contributed by atoms with Gasteiger partial charge in [-0.25, -0.2) is 0 Å². The molecule has 0 aliphatic carbocycles. The normalized spacial score (nSPS) is 10.1. The van der Waals surface area contributed by atoms with E-state index >= 15 is 0 Å². The zero-order chi connectivity index (χ0) is 12.8. The largest absolute Gasteiger partial charge is 0.495 e. The Morgan fingerprint density at radius 3 is 2.65 bits per heavy atom. The molecule has 0 aliphatic rings. The highest BCUT2D eigenvalue weighted by molar-refractivity contribution is 9.10. The van der Waals surface area contributed by atoms with Crippen LogP contribution in [0.25, 0.3) is 0 Å². The molecule has 4 nitrogen and oxygen atoms in total. The summed E-state index contributed by atoms with van der Waals surface area (Å²) in [5.74, 6) is 1.14. The summed E-state index contributed by atoms with van der Waals surface area (Å²) in [6, 6.07) is 3.42. The van der Waals surface area contributed by atoms with E-state index in [0.717, 1.165) is 4.47 Å². The maximum absolute atomic E-state index is 11.9. The molecule has 0 bridgehead atoms. The first-order chi connectivity index (χ1) is 8.13. The third-order valence-corrected chi connectivity index (χ3v) is 2.85. The molecule has 0 unspecified atom stereocenters. The van der Waals surface area contributed by atoms with E-state index in [9.17, 15) is 4.79 Å². The number of hydrogen-bond acceptors (Lipinski definition) is 4. The van der Waals surface area contributed by atoms with Gasteiger partial charge in [-0.15, -0.1) is 0 Å². The van der Waals surface area contributed by atoms with Gasteiger partial charge >= 0.3 is 0 Å². The second-order valence-electron chi connectivity index (χ2n) is 3.38. The van der Waals surface area contributed by atoms with E-state index < -0.39 is 0 Å². The number of methoxy groups -OCH3 is 1. The summed E-state index contributed by atoms with van der Waals surface area (Å²) in [5.41, 5.74) is 5.92. The predicted molar refractivity (Wildman–Crippen MR) is 69.9 cm³/mol. The van der Waals surface area contributed by atoms with E-state index in [1.54, 1.807) is 19.2 Å². The fraction of sp³-hybridized carbons (Fsp3) is 0.417. The molecule has 1 aromatic rings. The van der Waals surface area contributed by atoms with Crippen LogP contribution in [0.4, 0.5) is 0 Å². The average Bonchev–Trinajstić information content (AvgIpc) is 2.31. The molecule has 1 aromatic carbocycles. The van der Waals surface area contributed by atoms with Crippen molar-refractivity contribution in [2.75, 3.05) is 20.3 Å². The molecule has 5 heteroatoms. The average molecular weight is 302 g/mol. The fourth-order valence-corrected chi connectivity index (χ4v) is 1.96. The summed E-state index contributed by atoms with van der Waals surface area (Å²) in [4.78, 5) is 11.9. The Hall–Kier alpha value is -1.07. The Bertz CT molecular complexity index is 407. The highest BCUT2D eigenvalue weighted by atomic mass is 79.9. The lowest BCUT2D eigenvalue weighted by Gasteiger charge is -2.12. The fourth-order valence-electron chi connectivity index (χ4n) is 1.45. The maximum atomic E-state index is 11.9. The molecule has 0 heterocycles. The second-order valence-corrected chi connectivity index (χ2v) is 4.23. The summed E-state index contributed by atoms with van der Waals surface area (Å²) in [5, 5.41) is 0. The van der Waals surface area contributed by atoms with Gasteiger partial charge < -0.3 is 15.2 Å². The number of ether oxygens (including phenoxy) is 2. The van der Waals surface area contributed by atoms with Crippen molar-refractivity contribution in [3.63, 3.8) is 0 Å². The van der Waals surface area contributed by atoms with Crippen LogP contribution in [0.5, 0.6) is 11.5 Å². The second kappa shape index (κ2) is 6.61.